The number of hydrogen-bond acceptors (Lipinski definition) is 1. The molecule has 0 saturated heterocycles. The highest BCUT2D eigenvalue weighted by Gasteiger charge is 2.25. The molecule has 64 valence electrons. The molecule has 1 aliphatic rings. The molecule has 0 aliphatic carbocycles. The van der Waals surface area contributed by atoms with E-state index in [0.717, 1.165) is 5.69 Å². The topological polar surface area (TPSA) is 12.4 Å². The third kappa shape index (κ3) is 1.25. The van der Waals surface area contributed by atoms with Crippen molar-refractivity contribution in [2.75, 3.05) is 0 Å². The highest BCUT2D eigenvalue weighted by molar-refractivity contribution is 5.85. The maximum absolute atomic E-state index is 4.33. The fraction of sp³-hybridized carbons (Fsp3) is 0.300. The molecule has 0 bridgehead atoms. The molecule has 0 aromatic heterocycles. The number of halogens is 1. The van der Waals surface area contributed by atoms with E-state index >= 15 is 0 Å². The summed E-state index contributed by atoms with van der Waals surface area (Å²) < 4.78 is 0. The van der Waals surface area contributed by atoms with Crippen molar-refractivity contribution in [1.29, 1.82) is 0 Å². The number of nitrogens with zero attached hydrogens (tertiary/aromatic N) is 1. The van der Waals surface area contributed by atoms with Gasteiger partial charge in [-0.1, -0.05) is 32.0 Å². The molecule has 2 heteroatoms. The van der Waals surface area contributed by atoms with E-state index in [0.29, 0.717) is 0 Å². The predicted molar refractivity (Wildman–Crippen MR) is 54.9 cm³/mol. The summed E-state index contributed by atoms with van der Waals surface area (Å²) in [6.45, 7) is 4.37. The Bertz CT molecular complexity index is 315. The monoisotopic (exact) mass is 181 g/mol. The van der Waals surface area contributed by atoms with E-state index in [9.17, 15) is 0 Å². The Balaban J connectivity index is 0.000000720. The zero-order valence-electron chi connectivity index (χ0n) is 7.24. The SMILES string of the molecule is CC1(C)C=Nc2ccccc21.Cl. The van der Waals surface area contributed by atoms with E-state index in [2.05, 4.69) is 37.0 Å². The second-order valence-electron chi connectivity index (χ2n) is 3.50. The molecule has 0 saturated carbocycles. The van der Waals surface area contributed by atoms with Crippen molar-refractivity contribution in [3.05, 3.63) is 29.8 Å². The number of hydrogen-bond donors (Lipinski definition) is 0. The van der Waals surface area contributed by atoms with Crippen LogP contribution in [0.1, 0.15) is 19.4 Å². The smallest absolute Gasteiger partial charge is 0.0667 e. The van der Waals surface area contributed by atoms with E-state index in [-0.39, 0.29) is 17.8 Å². The zero-order valence-corrected chi connectivity index (χ0v) is 8.06. The second kappa shape index (κ2) is 2.91. The number of aliphatic imine (C=N–C) groups is 1. The number of benzene rings is 1. The molecule has 1 nitrogen and oxygen atoms in total. The minimum atomic E-state index is 0. The molecular formula is C10H12ClN. The summed E-state index contributed by atoms with van der Waals surface area (Å²) >= 11 is 0. The Morgan fingerprint density at radius 1 is 1.17 bits per heavy atom. The molecule has 1 aliphatic heterocycles. The third-order valence-corrected chi connectivity index (χ3v) is 2.12. The minimum absolute atomic E-state index is 0. The molecule has 0 unspecified atom stereocenters. The van der Waals surface area contributed by atoms with Gasteiger partial charge in [-0.3, -0.25) is 4.99 Å². The van der Waals surface area contributed by atoms with Crippen LogP contribution in [-0.2, 0) is 5.41 Å². The first kappa shape index (κ1) is 9.27. The third-order valence-electron chi connectivity index (χ3n) is 2.12. The van der Waals surface area contributed by atoms with Gasteiger partial charge in [0.1, 0.15) is 0 Å². The fourth-order valence-corrected chi connectivity index (χ4v) is 1.43. The average molecular weight is 182 g/mol. The quantitative estimate of drug-likeness (QED) is 0.583. The molecule has 0 N–H and O–H groups in total. The number of para-hydroxylation sites is 1. The molecule has 1 heterocycles. The molecule has 1 aromatic carbocycles. The highest BCUT2D eigenvalue weighted by atomic mass is 35.5. The first-order valence-corrected chi connectivity index (χ1v) is 3.85. The lowest BCUT2D eigenvalue weighted by molar-refractivity contribution is 0.753. The number of fused-ring (bicyclic) bond motifs is 1. The van der Waals surface area contributed by atoms with Crippen molar-refractivity contribution in [2.45, 2.75) is 19.3 Å². The lowest BCUT2D eigenvalue weighted by Gasteiger charge is -2.14. The maximum atomic E-state index is 4.33. The van der Waals surface area contributed by atoms with Gasteiger partial charge in [-0.05, 0) is 11.6 Å². The van der Waals surface area contributed by atoms with Gasteiger partial charge in [-0.25, -0.2) is 0 Å². The van der Waals surface area contributed by atoms with E-state index in [1.807, 2.05) is 12.3 Å². The minimum Gasteiger partial charge on any atom is -0.260 e. The van der Waals surface area contributed by atoms with E-state index in [1.54, 1.807) is 0 Å². The summed E-state index contributed by atoms with van der Waals surface area (Å²) in [5.74, 6) is 0. The molecule has 0 atom stereocenters. The van der Waals surface area contributed by atoms with Gasteiger partial charge in [-0.2, -0.15) is 0 Å². The standard InChI is InChI=1S/C10H11N.ClH/c1-10(2)7-11-9-6-4-3-5-8(9)10;/h3-7H,1-2H3;1H. The van der Waals surface area contributed by atoms with Crippen LogP contribution >= 0.6 is 12.4 Å². The van der Waals surface area contributed by atoms with Crippen LogP contribution in [0.4, 0.5) is 5.69 Å². The van der Waals surface area contributed by atoms with Crippen LogP contribution in [0.3, 0.4) is 0 Å². The van der Waals surface area contributed by atoms with E-state index in [1.165, 1.54) is 5.56 Å². The van der Waals surface area contributed by atoms with Crippen LogP contribution in [0.25, 0.3) is 0 Å². The summed E-state index contributed by atoms with van der Waals surface area (Å²) in [4.78, 5) is 4.33. The Morgan fingerprint density at radius 3 is 2.50 bits per heavy atom. The van der Waals surface area contributed by atoms with Crippen molar-refractivity contribution < 1.29 is 0 Å². The molecule has 0 radical (unpaired) electrons. The first-order valence-electron chi connectivity index (χ1n) is 3.85. The summed E-state index contributed by atoms with van der Waals surface area (Å²) in [5, 5.41) is 0. The van der Waals surface area contributed by atoms with Crippen molar-refractivity contribution >= 4 is 24.3 Å². The van der Waals surface area contributed by atoms with Gasteiger partial charge < -0.3 is 0 Å². The summed E-state index contributed by atoms with van der Waals surface area (Å²) in [6, 6.07) is 8.29. The van der Waals surface area contributed by atoms with Gasteiger partial charge >= 0.3 is 0 Å². The molecule has 0 fully saturated rings. The van der Waals surface area contributed by atoms with Gasteiger partial charge in [0.2, 0.25) is 0 Å². The van der Waals surface area contributed by atoms with Gasteiger partial charge in [-0.15, -0.1) is 12.4 Å². The molecule has 0 spiro atoms. The molecule has 12 heavy (non-hydrogen) atoms. The Kier molecular flexibility index (Phi) is 2.25. The van der Waals surface area contributed by atoms with Crippen molar-refractivity contribution in [3.8, 4) is 0 Å². The van der Waals surface area contributed by atoms with E-state index < -0.39 is 0 Å². The fourth-order valence-electron chi connectivity index (χ4n) is 1.43. The number of rotatable bonds is 0. The molecule has 1 aromatic rings. The van der Waals surface area contributed by atoms with Gasteiger partial charge in [0, 0.05) is 11.6 Å². The van der Waals surface area contributed by atoms with Crippen LogP contribution in [0.2, 0.25) is 0 Å². The normalized spacial score (nSPS) is 16.8. The molecular weight excluding hydrogens is 170 g/mol. The van der Waals surface area contributed by atoms with Gasteiger partial charge in [0.05, 0.1) is 5.69 Å². The predicted octanol–water partition coefficient (Wildman–Crippen LogP) is 3.10. The zero-order chi connectivity index (χ0) is 7.90. The lowest BCUT2D eigenvalue weighted by Crippen LogP contribution is -2.14. The Labute approximate surface area is 78.9 Å². The van der Waals surface area contributed by atoms with E-state index in [4.69, 9.17) is 0 Å². The summed E-state index contributed by atoms with van der Waals surface area (Å²) in [7, 11) is 0. The van der Waals surface area contributed by atoms with Crippen molar-refractivity contribution in [1.82, 2.24) is 0 Å². The van der Waals surface area contributed by atoms with Crippen LogP contribution in [0.5, 0.6) is 0 Å². The van der Waals surface area contributed by atoms with Crippen LogP contribution < -0.4 is 0 Å². The van der Waals surface area contributed by atoms with Gasteiger partial charge in [0.25, 0.3) is 0 Å². The maximum Gasteiger partial charge on any atom is 0.0667 e. The lowest BCUT2D eigenvalue weighted by atomic mass is 9.87. The highest BCUT2D eigenvalue weighted by Crippen LogP contribution is 2.35. The molecule has 0 amide bonds. The Hall–Kier alpha value is -0.820. The summed E-state index contributed by atoms with van der Waals surface area (Å²) in [5.41, 5.74) is 2.59. The summed E-state index contributed by atoms with van der Waals surface area (Å²) in [6.07, 6.45) is 2.01. The average Bonchev–Trinajstić information content (AvgIpc) is 2.29. The van der Waals surface area contributed by atoms with Crippen molar-refractivity contribution in [2.24, 2.45) is 4.99 Å². The van der Waals surface area contributed by atoms with Gasteiger partial charge in [0.15, 0.2) is 0 Å². The molecule has 2 rings (SSSR count). The van der Waals surface area contributed by atoms with Crippen LogP contribution in [0.15, 0.2) is 29.3 Å². The van der Waals surface area contributed by atoms with Crippen LogP contribution in [-0.4, -0.2) is 6.21 Å². The largest absolute Gasteiger partial charge is 0.260 e. The Morgan fingerprint density at radius 2 is 1.83 bits per heavy atom. The van der Waals surface area contributed by atoms with Crippen LogP contribution in [0, 0.1) is 0 Å². The van der Waals surface area contributed by atoms with Crippen molar-refractivity contribution in [3.63, 3.8) is 0 Å². The first-order chi connectivity index (χ1) is 5.20. The second-order valence-corrected chi connectivity index (χ2v) is 3.50.